The molecule has 35 heavy (non-hydrogen) atoms. The van der Waals surface area contributed by atoms with Crippen LogP contribution in [0.25, 0.3) is 10.9 Å². The summed E-state index contributed by atoms with van der Waals surface area (Å²) in [6.07, 6.45) is 0. The van der Waals surface area contributed by atoms with E-state index in [4.69, 9.17) is 21.1 Å². The average Bonchev–Trinajstić information content (AvgIpc) is 2.84. The minimum Gasteiger partial charge on any atom is -0.493 e. The summed E-state index contributed by atoms with van der Waals surface area (Å²) in [6, 6.07) is 17.3. The molecule has 4 aromatic rings. The number of rotatable bonds is 7. The molecule has 0 aliphatic heterocycles. The second-order valence-corrected chi connectivity index (χ2v) is 8.28. The van der Waals surface area contributed by atoms with Gasteiger partial charge in [-0.1, -0.05) is 29.8 Å². The van der Waals surface area contributed by atoms with Crippen LogP contribution in [-0.2, 0) is 13.1 Å². The van der Waals surface area contributed by atoms with Crippen molar-refractivity contribution in [3.8, 4) is 11.5 Å². The summed E-state index contributed by atoms with van der Waals surface area (Å²) in [5.74, 6) is 0.626. The second kappa shape index (κ2) is 10.5. The maximum absolute atomic E-state index is 13.4. The molecule has 0 radical (unpaired) electrons. The van der Waals surface area contributed by atoms with E-state index in [1.165, 1.54) is 31.3 Å². The van der Waals surface area contributed by atoms with Gasteiger partial charge in [0.05, 0.1) is 26.3 Å². The molecule has 0 spiro atoms. The van der Waals surface area contributed by atoms with E-state index >= 15 is 0 Å². The zero-order chi connectivity index (χ0) is 24.9. The van der Waals surface area contributed by atoms with Gasteiger partial charge in [-0.2, -0.15) is 0 Å². The third kappa shape index (κ3) is 5.73. The molecule has 2 N–H and O–H groups in total. The van der Waals surface area contributed by atoms with Gasteiger partial charge in [0.15, 0.2) is 11.5 Å². The fourth-order valence-electron chi connectivity index (χ4n) is 3.68. The molecule has 0 bridgehead atoms. The molecular formula is C26H23ClFN3O4. The van der Waals surface area contributed by atoms with Crippen LogP contribution < -0.4 is 20.3 Å². The number of carbonyl (C=O) groups is 1. The molecule has 0 aliphatic carbocycles. The molecule has 3 aromatic carbocycles. The highest BCUT2D eigenvalue weighted by atomic mass is 35.5. The van der Waals surface area contributed by atoms with Crippen LogP contribution in [0.3, 0.4) is 0 Å². The molecule has 0 unspecified atom stereocenters. The van der Waals surface area contributed by atoms with Crippen molar-refractivity contribution in [3.63, 3.8) is 0 Å². The van der Waals surface area contributed by atoms with Crippen LogP contribution in [0.1, 0.15) is 11.1 Å². The van der Waals surface area contributed by atoms with Crippen molar-refractivity contribution in [2.45, 2.75) is 13.1 Å². The van der Waals surface area contributed by atoms with Gasteiger partial charge in [-0.05, 0) is 48.0 Å². The minimum absolute atomic E-state index is 0.00337. The van der Waals surface area contributed by atoms with Crippen molar-refractivity contribution in [2.75, 3.05) is 19.5 Å². The Kier molecular flexibility index (Phi) is 7.22. The Hall–Kier alpha value is -4.04. The highest BCUT2D eigenvalue weighted by molar-refractivity contribution is 6.30. The van der Waals surface area contributed by atoms with Gasteiger partial charge in [-0.15, -0.1) is 0 Å². The Labute approximate surface area is 206 Å². The van der Waals surface area contributed by atoms with Crippen molar-refractivity contribution < 1.29 is 18.7 Å². The standard InChI is InChI=1S/C26H23ClFN3O4/c1-34-23-11-17-10-18(25(32)30-22(17)13-24(23)35-2)15-31(14-16-6-8-20(28)9-7-16)26(33)29-21-5-3-4-19(27)12-21/h3-13H,14-15H2,1-2H3,(H,29,33)(H,30,32). The fraction of sp³-hybridized carbons (Fsp3) is 0.154. The number of benzene rings is 3. The molecule has 9 heteroatoms. The lowest BCUT2D eigenvalue weighted by molar-refractivity contribution is 0.206. The zero-order valence-corrected chi connectivity index (χ0v) is 19.9. The lowest BCUT2D eigenvalue weighted by atomic mass is 10.1. The minimum atomic E-state index is -0.441. The number of carbonyl (C=O) groups excluding carboxylic acids is 1. The molecule has 2 amide bonds. The van der Waals surface area contributed by atoms with Gasteiger partial charge >= 0.3 is 6.03 Å². The number of aromatic nitrogens is 1. The third-order valence-electron chi connectivity index (χ3n) is 5.44. The number of nitrogens with zero attached hydrogens (tertiary/aromatic N) is 1. The van der Waals surface area contributed by atoms with Gasteiger partial charge in [-0.25, -0.2) is 9.18 Å². The maximum Gasteiger partial charge on any atom is 0.322 e. The Morgan fingerprint density at radius 3 is 2.40 bits per heavy atom. The summed E-state index contributed by atoms with van der Waals surface area (Å²) in [7, 11) is 3.04. The quantitative estimate of drug-likeness (QED) is 0.351. The Morgan fingerprint density at radius 1 is 1.00 bits per heavy atom. The van der Waals surface area contributed by atoms with Gasteiger partial charge in [0.25, 0.3) is 5.56 Å². The number of urea groups is 1. The van der Waals surface area contributed by atoms with Crippen LogP contribution in [0.4, 0.5) is 14.9 Å². The topological polar surface area (TPSA) is 83.7 Å². The van der Waals surface area contributed by atoms with Gasteiger partial charge in [0.2, 0.25) is 0 Å². The average molecular weight is 496 g/mol. The SMILES string of the molecule is COc1cc2cc(CN(Cc3ccc(F)cc3)C(=O)Nc3cccc(Cl)c3)c(=O)[nH]c2cc1OC. The molecule has 0 saturated heterocycles. The zero-order valence-electron chi connectivity index (χ0n) is 19.1. The Balaban J connectivity index is 1.68. The predicted molar refractivity (Wildman–Crippen MR) is 134 cm³/mol. The first kappa shape index (κ1) is 24.1. The number of methoxy groups -OCH3 is 2. The van der Waals surface area contributed by atoms with Crippen molar-refractivity contribution >= 4 is 34.2 Å². The molecule has 1 aromatic heterocycles. The first-order valence-electron chi connectivity index (χ1n) is 10.7. The summed E-state index contributed by atoms with van der Waals surface area (Å²) in [6.45, 7) is 0.152. The number of hydrogen-bond acceptors (Lipinski definition) is 4. The van der Waals surface area contributed by atoms with Crippen molar-refractivity contribution in [2.24, 2.45) is 0 Å². The van der Waals surface area contributed by atoms with E-state index in [9.17, 15) is 14.0 Å². The van der Waals surface area contributed by atoms with E-state index in [1.807, 2.05) is 0 Å². The monoisotopic (exact) mass is 495 g/mol. The van der Waals surface area contributed by atoms with Crippen LogP contribution >= 0.6 is 11.6 Å². The van der Waals surface area contributed by atoms with E-state index in [-0.39, 0.29) is 24.5 Å². The van der Waals surface area contributed by atoms with Crippen LogP contribution in [-0.4, -0.2) is 30.1 Å². The molecule has 1 heterocycles. The lowest BCUT2D eigenvalue weighted by Crippen LogP contribution is -2.35. The normalized spacial score (nSPS) is 10.7. The van der Waals surface area contributed by atoms with E-state index in [2.05, 4.69) is 10.3 Å². The summed E-state index contributed by atoms with van der Waals surface area (Å²) in [5.41, 5.74) is 1.81. The van der Waals surface area contributed by atoms with E-state index in [0.717, 1.165) is 0 Å². The number of nitrogens with one attached hydrogen (secondary N) is 2. The van der Waals surface area contributed by atoms with Crippen molar-refractivity contribution in [3.05, 3.63) is 99.1 Å². The number of hydrogen-bond donors (Lipinski definition) is 2. The van der Waals surface area contributed by atoms with Gasteiger partial charge in [0.1, 0.15) is 5.82 Å². The third-order valence-corrected chi connectivity index (χ3v) is 5.67. The summed E-state index contributed by atoms with van der Waals surface area (Å²) < 4.78 is 24.1. The largest absolute Gasteiger partial charge is 0.493 e. The van der Waals surface area contributed by atoms with E-state index in [1.54, 1.807) is 54.6 Å². The number of fused-ring (bicyclic) bond motifs is 1. The summed E-state index contributed by atoms with van der Waals surface area (Å²) in [4.78, 5) is 30.4. The van der Waals surface area contributed by atoms with Crippen LogP contribution in [0.5, 0.6) is 11.5 Å². The molecule has 7 nitrogen and oxygen atoms in total. The van der Waals surface area contributed by atoms with Crippen molar-refractivity contribution in [1.82, 2.24) is 9.88 Å². The molecular weight excluding hydrogens is 473 g/mol. The molecule has 0 aliphatic rings. The number of ether oxygens (including phenoxy) is 2. The molecule has 4 rings (SSSR count). The Bertz CT molecular complexity index is 1420. The second-order valence-electron chi connectivity index (χ2n) is 7.84. The number of halogens is 2. The highest BCUT2D eigenvalue weighted by Crippen LogP contribution is 2.31. The fourth-order valence-corrected chi connectivity index (χ4v) is 3.87. The molecule has 180 valence electrons. The van der Waals surface area contributed by atoms with Gasteiger partial charge in [0, 0.05) is 34.3 Å². The van der Waals surface area contributed by atoms with Gasteiger partial charge in [-0.3, -0.25) is 4.79 Å². The first-order chi connectivity index (χ1) is 16.9. The number of aromatic amines is 1. The molecule has 0 saturated carbocycles. The van der Waals surface area contributed by atoms with Crippen LogP contribution in [0.15, 0.2) is 71.5 Å². The molecule has 0 atom stereocenters. The Morgan fingerprint density at radius 2 is 1.71 bits per heavy atom. The molecule has 0 fully saturated rings. The van der Waals surface area contributed by atoms with E-state index in [0.29, 0.717) is 44.2 Å². The summed E-state index contributed by atoms with van der Waals surface area (Å²) in [5, 5.41) is 4.00. The first-order valence-corrected chi connectivity index (χ1v) is 11.1. The van der Waals surface area contributed by atoms with E-state index < -0.39 is 6.03 Å². The van der Waals surface area contributed by atoms with Gasteiger partial charge < -0.3 is 24.7 Å². The van der Waals surface area contributed by atoms with Crippen molar-refractivity contribution in [1.29, 1.82) is 0 Å². The van der Waals surface area contributed by atoms with Crippen LogP contribution in [0, 0.1) is 5.82 Å². The highest BCUT2D eigenvalue weighted by Gasteiger charge is 2.18. The predicted octanol–water partition coefficient (Wildman–Crippen LogP) is 5.57. The smallest absolute Gasteiger partial charge is 0.322 e. The van der Waals surface area contributed by atoms with Crippen LogP contribution in [0.2, 0.25) is 5.02 Å². The number of H-pyrrole nitrogens is 1. The summed E-state index contributed by atoms with van der Waals surface area (Å²) >= 11 is 6.04. The lowest BCUT2D eigenvalue weighted by Gasteiger charge is -2.23. The number of pyridine rings is 1. The maximum atomic E-state index is 13.4. The number of anilines is 1. The number of amides is 2.